The molecule has 1 aromatic heterocycles. The number of nitrogen functional groups attached to an aromatic ring is 1. The van der Waals surface area contributed by atoms with Gasteiger partial charge in [-0.25, -0.2) is 4.79 Å². The van der Waals surface area contributed by atoms with E-state index < -0.39 is 17.1 Å². The zero-order valence-corrected chi connectivity index (χ0v) is 21.3. The van der Waals surface area contributed by atoms with Crippen LogP contribution in [0.15, 0.2) is 30.3 Å². The van der Waals surface area contributed by atoms with Crippen LogP contribution in [0, 0.1) is 0 Å². The van der Waals surface area contributed by atoms with Gasteiger partial charge in [0.2, 0.25) is 5.91 Å². The lowest BCUT2D eigenvalue weighted by Gasteiger charge is -2.27. The Morgan fingerprint density at radius 3 is 2.51 bits per heavy atom. The number of methoxy groups -OCH3 is 1. The number of nitrogens with zero attached hydrogens (tertiary/aromatic N) is 2. The first-order chi connectivity index (χ1) is 16.3. The van der Waals surface area contributed by atoms with Crippen LogP contribution in [-0.2, 0) is 20.4 Å². The lowest BCUT2D eigenvalue weighted by atomic mass is 9.77. The molecule has 184 valence electrons. The molecule has 1 saturated carbocycles. The molecule has 3 N–H and O–H groups in total. The van der Waals surface area contributed by atoms with Crippen LogP contribution >= 0.6 is 0 Å². The highest BCUT2D eigenvalue weighted by Crippen LogP contribution is 2.67. The van der Waals surface area contributed by atoms with Crippen molar-refractivity contribution in [1.29, 1.82) is 0 Å². The Morgan fingerprint density at radius 2 is 1.89 bits per heavy atom. The van der Waals surface area contributed by atoms with Crippen molar-refractivity contribution in [2.75, 3.05) is 18.2 Å². The Bertz CT molecular complexity index is 1390. The van der Waals surface area contributed by atoms with Crippen molar-refractivity contribution in [2.45, 2.75) is 70.3 Å². The van der Waals surface area contributed by atoms with Gasteiger partial charge in [-0.3, -0.25) is 4.79 Å². The minimum absolute atomic E-state index is 0.00323. The normalized spacial score (nSPS) is 21.2. The fourth-order valence-electron chi connectivity index (χ4n) is 5.42. The summed E-state index contributed by atoms with van der Waals surface area (Å²) in [5.41, 5.74) is 8.95. The summed E-state index contributed by atoms with van der Waals surface area (Å²) in [6.45, 7) is 11.8. The van der Waals surface area contributed by atoms with Crippen LogP contribution in [-0.4, -0.2) is 34.5 Å². The van der Waals surface area contributed by atoms with Gasteiger partial charge in [0.05, 0.1) is 18.0 Å². The zero-order chi connectivity index (χ0) is 25.5. The summed E-state index contributed by atoms with van der Waals surface area (Å²) in [5.74, 6) is 0.983. The molecule has 2 atom stereocenters. The van der Waals surface area contributed by atoms with Gasteiger partial charge in [-0.2, -0.15) is 4.68 Å². The molecule has 0 radical (unpaired) electrons. The molecule has 2 aromatic carbocycles. The van der Waals surface area contributed by atoms with E-state index >= 15 is 0 Å². The molecule has 1 aliphatic heterocycles. The van der Waals surface area contributed by atoms with Crippen LogP contribution in [0.5, 0.6) is 5.75 Å². The third kappa shape index (κ3) is 3.46. The van der Waals surface area contributed by atoms with E-state index in [-0.39, 0.29) is 23.1 Å². The van der Waals surface area contributed by atoms with Crippen LogP contribution in [0.1, 0.15) is 70.6 Å². The van der Waals surface area contributed by atoms with Crippen LogP contribution in [0.25, 0.3) is 10.9 Å². The highest BCUT2D eigenvalue weighted by Gasteiger charge is 2.66. The smallest absolute Gasteiger partial charge is 0.435 e. The number of carbonyl (C=O) groups is 2. The Hall–Kier alpha value is -3.55. The molecule has 1 aliphatic carbocycles. The average molecular weight is 477 g/mol. The molecule has 0 bridgehead atoms. The summed E-state index contributed by atoms with van der Waals surface area (Å²) in [4.78, 5) is 26.2. The second-order valence-electron chi connectivity index (χ2n) is 11.6. The maximum absolute atomic E-state index is 13.4. The van der Waals surface area contributed by atoms with Gasteiger partial charge in [0, 0.05) is 22.6 Å². The number of carbonyl (C=O) groups excluding carboxylic acids is 2. The van der Waals surface area contributed by atoms with Gasteiger partial charge >= 0.3 is 6.09 Å². The van der Waals surface area contributed by atoms with Crippen LogP contribution in [0.2, 0.25) is 0 Å². The van der Waals surface area contributed by atoms with Gasteiger partial charge in [0.15, 0.2) is 5.82 Å². The summed E-state index contributed by atoms with van der Waals surface area (Å²) in [5, 5.41) is 8.00. The van der Waals surface area contributed by atoms with E-state index in [2.05, 4.69) is 31.2 Å². The molecule has 5 rings (SSSR count). The number of nitrogens with one attached hydrogen (secondary N) is 1. The quantitative estimate of drug-likeness (QED) is 0.534. The number of benzene rings is 2. The first-order valence-electron chi connectivity index (χ1n) is 11.8. The number of ether oxygens (including phenoxy) is 2. The SMILES string of the molecule is COc1ccc2c(c1C(C)(C)C)[C@]1(C[C@H]1c1ccc3c(N)nn(C(=O)OC(C)(C)C)c3c1)C(=O)N2. The predicted octanol–water partition coefficient (Wildman–Crippen LogP) is 5.09. The van der Waals surface area contributed by atoms with E-state index in [0.717, 1.165) is 28.1 Å². The van der Waals surface area contributed by atoms with Gasteiger partial charge in [0.1, 0.15) is 11.4 Å². The molecule has 1 amide bonds. The number of amides is 1. The third-order valence-corrected chi connectivity index (χ3v) is 6.90. The molecule has 3 aromatic rings. The highest BCUT2D eigenvalue weighted by molar-refractivity contribution is 6.11. The van der Waals surface area contributed by atoms with Crippen molar-refractivity contribution in [3.63, 3.8) is 0 Å². The summed E-state index contributed by atoms with van der Waals surface area (Å²) < 4.78 is 12.5. The molecule has 0 unspecified atom stereocenters. The van der Waals surface area contributed by atoms with Gasteiger partial charge < -0.3 is 20.5 Å². The molecule has 1 fully saturated rings. The fraction of sp³-hybridized carbons (Fsp3) is 0.444. The number of anilines is 2. The van der Waals surface area contributed by atoms with Crippen molar-refractivity contribution < 1.29 is 19.1 Å². The number of fused-ring (bicyclic) bond motifs is 3. The molecule has 2 heterocycles. The van der Waals surface area contributed by atoms with Crippen molar-refractivity contribution in [3.8, 4) is 5.75 Å². The lowest BCUT2D eigenvalue weighted by Crippen LogP contribution is -2.27. The summed E-state index contributed by atoms with van der Waals surface area (Å²) in [6, 6.07) is 9.59. The van der Waals surface area contributed by atoms with E-state index in [1.165, 1.54) is 4.68 Å². The predicted molar refractivity (Wildman–Crippen MR) is 135 cm³/mol. The fourth-order valence-corrected chi connectivity index (χ4v) is 5.42. The summed E-state index contributed by atoms with van der Waals surface area (Å²) >= 11 is 0. The van der Waals surface area contributed by atoms with Crippen molar-refractivity contribution in [1.82, 2.24) is 9.78 Å². The monoisotopic (exact) mass is 476 g/mol. The van der Waals surface area contributed by atoms with Crippen molar-refractivity contribution in [2.24, 2.45) is 0 Å². The van der Waals surface area contributed by atoms with E-state index in [1.807, 2.05) is 30.3 Å². The highest BCUT2D eigenvalue weighted by atomic mass is 16.6. The summed E-state index contributed by atoms with van der Waals surface area (Å²) in [7, 11) is 1.66. The Kier molecular flexibility index (Phi) is 4.79. The first-order valence-corrected chi connectivity index (χ1v) is 11.8. The van der Waals surface area contributed by atoms with Gasteiger partial charge in [-0.1, -0.05) is 26.8 Å². The molecular weight excluding hydrogens is 444 g/mol. The number of hydrogen-bond donors (Lipinski definition) is 2. The maximum atomic E-state index is 13.4. The van der Waals surface area contributed by atoms with Crippen LogP contribution in [0.4, 0.5) is 16.3 Å². The number of rotatable bonds is 2. The van der Waals surface area contributed by atoms with Crippen LogP contribution < -0.4 is 15.8 Å². The molecule has 2 aliphatic rings. The molecular formula is C27H32N4O4. The molecule has 8 nitrogen and oxygen atoms in total. The van der Waals surface area contributed by atoms with E-state index in [4.69, 9.17) is 15.2 Å². The molecule has 8 heteroatoms. The minimum atomic E-state index is -0.678. The second kappa shape index (κ2) is 7.23. The summed E-state index contributed by atoms with van der Waals surface area (Å²) in [6.07, 6.45) is 0.0782. The van der Waals surface area contributed by atoms with Gasteiger partial charge in [0.25, 0.3) is 0 Å². The standard InChI is InChI=1S/C27H32N4O4/c1-25(2,3)21-19(34-7)11-10-17-20(21)27(23(32)29-17)13-16(27)14-8-9-15-18(12-14)31(30-22(15)28)24(33)35-26(4,5)6/h8-12,16H,13H2,1-7H3,(H2,28,30)(H,29,32)/t16-,27+/m0/s1. The Balaban J connectivity index is 1.62. The van der Waals surface area contributed by atoms with Gasteiger partial charge in [-0.05, 0) is 68.0 Å². The van der Waals surface area contributed by atoms with Gasteiger partial charge in [-0.15, -0.1) is 5.10 Å². The first kappa shape index (κ1) is 23.2. The zero-order valence-electron chi connectivity index (χ0n) is 21.3. The minimum Gasteiger partial charge on any atom is -0.496 e. The van der Waals surface area contributed by atoms with Crippen molar-refractivity contribution in [3.05, 3.63) is 47.0 Å². The number of hydrogen-bond acceptors (Lipinski definition) is 6. The van der Waals surface area contributed by atoms with E-state index in [1.54, 1.807) is 27.9 Å². The lowest BCUT2D eigenvalue weighted by molar-refractivity contribution is -0.118. The molecule has 0 saturated heterocycles. The van der Waals surface area contributed by atoms with E-state index in [0.29, 0.717) is 17.3 Å². The van der Waals surface area contributed by atoms with Crippen LogP contribution in [0.3, 0.4) is 0 Å². The Labute approximate surface area is 204 Å². The molecule has 35 heavy (non-hydrogen) atoms. The third-order valence-electron chi connectivity index (χ3n) is 6.90. The van der Waals surface area contributed by atoms with E-state index in [9.17, 15) is 9.59 Å². The maximum Gasteiger partial charge on any atom is 0.435 e. The molecule has 1 spiro atoms. The number of aromatic nitrogens is 2. The second-order valence-corrected chi connectivity index (χ2v) is 11.6. The number of nitrogens with two attached hydrogens (primary N) is 1. The Morgan fingerprint density at radius 1 is 1.17 bits per heavy atom. The average Bonchev–Trinajstić information content (AvgIpc) is 3.33. The topological polar surface area (TPSA) is 108 Å². The largest absolute Gasteiger partial charge is 0.496 e. The van der Waals surface area contributed by atoms with Crippen molar-refractivity contribution >= 4 is 34.4 Å².